The molecule has 1 aromatic rings. The highest BCUT2D eigenvalue weighted by Crippen LogP contribution is 2.45. The van der Waals surface area contributed by atoms with Crippen molar-refractivity contribution in [1.29, 1.82) is 5.26 Å². The summed E-state index contributed by atoms with van der Waals surface area (Å²) in [6, 6.07) is 9.11. The number of nitrogens with zero attached hydrogens (tertiary/aromatic N) is 2. The smallest absolute Gasteiger partial charge is 0.243 e. The summed E-state index contributed by atoms with van der Waals surface area (Å²) in [6.45, 7) is 1.09. The first-order valence-electron chi connectivity index (χ1n) is 10.7. The molecule has 0 radical (unpaired) electrons. The summed E-state index contributed by atoms with van der Waals surface area (Å²) in [7, 11) is -1.95. The molecule has 7 heteroatoms. The molecule has 2 fully saturated rings. The quantitative estimate of drug-likeness (QED) is 0.737. The van der Waals surface area contributed by atoms with Gasteiger partial charge < -0.3 is 5.32 Å². The number of carbonyl (C=O) groups is 1. The van der Waals surface area contributed by atoms with E-state index in [0.29, 0.717) is 19.5 Å². The van der Waals surface area contributed by atoms with Crippen LogP contribution in [0.5, 0.6) is 0 Å². The van der Waals surface area contributed by atoms with Crippen molar-refractivity contribution in [2.45, 2.75) is 68.1 Å². The van der Waals surface area contributed by atoms with Crippen molar-refractivity contribution in [2.24, 2.45) is 5.92 Å². The summed E-state index contributed by atoms with van der Waals surface area (Å²) in [5, 5.41) is 12.1. The molecular weight excluding hydrogens is 386 g/mol. The first kappa shape index (κ1) is 21.8. The average Bonchev–Trinajstić information content (AvgIpc) is 3.31. The van der Waals surface area contributed by atoms with Crippen LogP contribution in [0.4, 0.5) is 0 Å². The van der Waals surface area contributed by atoms with Gasteiger partial charge in [0.2, 0.25) is 15.9 Å². The van der Waals surface area contributed by atoms with Crippen LogP contribution in [0.15, 0.2) is 29.2 Å². The zero-order valence-electron chi connectivity index (χ0n) is 17.2. The lowest BCUT2D eigenvalue weighted by Gasteiger charge is -2.41. The van der Waals surface area contributed by atoms with Crippen LogP contribution in [-0.2, 0) is 20.2 Å². The molecule has 158 valence electrons. The summed E-state index contributed by atoms with van der Waals surface area (Å²) in [6.07, 6.45) is 7.53. The van der Waals surface area contributed by atoms with Gasteiger partial charge in [-0.05, 0) is 55.7 Å². The number of benzene rings is 1. The third-order valence-electron chi connectivity index (χ3n) is 6.62. The molecule has 1 aliphatic heterocycles. The Balaban J connectivity index is 2.10. The van der Waals surface area contributed by atoms with Gasteiger partial charge in [0.25, 0.3) is 0 Å². The van der Waals surface area contributed by atoms with Gasteiger partial charge in [0.1, 0.15) is 0 Å². The number of nitriles is 1. The lowest BCUT2D eigenvalue weighted by Crippen LogP contribution is -2.49. The fourth-order valence-corrected chi connectivity index (χ4v) is 6.66. The standard InChI is InChI=1S/C22H31N3O3S/c1-24-21(26)22(13-8-14-23,18-9-3-2-4-10-18)19-11-7-12-20(17-19)29(27,28)25-15-5-6-16-25/h7,11-12,17-18H,2-6,8-10,13,15-16H2,1H3,(H,24,26). The maximum atomic E-state index is 13.3. The van der Waals surface area contributed by atoms with Gasteiger partial charge in [-0.2, -0.15) is 9.57 Å². The van der Waals surface area contributed by atoms with E-state index in [-0.39, 0.29) is 23.1 Å². The molecule has 0 aromatic heterocycles. The molecule has 6 nitrogen and oxygen atoms in total. The predicted molar refractivity (Wildman–Crippen MR) is 112 cm³/mol. The van der Waals surface area contributed by atoms with E-state index < -0.39 is 15.4 Å². The molecule has 1 saturated carbocycles. The summed E-state index contributed by atoms with van der Waals surface area (Å²) >= 11 is 0. The van der Waals surface area contributed by atoms with Crippen LogP contribution in [0.2, 0.25) is 0 Å². The van der Waals surface area contributed by atoms with Gasteiger partial charge in [0.15, 0.2) is 0 Å². The van der Waals surface area contributed by atoms with Gasteiger partial charge in [-0.3, -0.25) is 4.79 Å². The average molecular weight is 418 g/mol. The lowest BCUT2D eigenvalue weighted by atomic mass is 9.62. The van der Waals surface area contributed by atoms with Crippen molar-refractivity contribution in [3.63, 3.8) is 0 Å². The molecule has 1 N–H and O–H groups in total. The molecule has 1 aromatic carbocycles. The highest BCUT2D eigenvalue weighted by atomic mass is 32.2. The van der Waals surface area contributed by atoms with E-state index >= 15 is 0 Å². The van der Waals surface area contributed by atoms with Gasteiger partial charge in [0.05, 0.1) is 16.4 Å². The maximum absolute atomic E-state index is 13.3. The third kappa shape index (κ3) is 4.19. The molecular formula is C22H31N3O3S. The second-order valence-corrected chi connectivity index (χ2v) is 10.1. The molecule has 1 amide bonds. The molecule has 1 heterocycles. The van der Waals surface area contributed by atoms with Crippen LogP contribution in [0.25, 0.3) is 0 Å². The van der Waals surface area contributed by atoms with E-state index in [9.17, 15) is 18.5 Å². The van der Waals surface area contributed by atoms with E-state index in [1.54, 1.807) is 25.2 Å². The number of hydrogen-bond donors (Lipinski definition) is 1. The molecule has 1 unspecified atom stereocenters. The SMILES string of the molecule is CNC(=O)C(CCC#N)(c1cccc(S(=O)(=O)N2CCCC2)c1)C1CCCCC1. The molecule has 1 aliphatic carbocycles. The number of nitrogens with one attached hydrogen (secondary N) is 1. The number of sulfonamides is 1. The van der Waals surface area contributed by atoms with E-state index in [1.807, 2.05) is 6.07 Å². The van der Waals surface area contributed by atoms with Crippen molar-refractivity contribution < 1.29 is 13.2 Å². The van der Waals surface area contributed by atoms with Crippen LogP contribution >= 0.6 is 0 Å². The Labute approximate surface area is 174 Å². The fourth-order valence-electron chi connectivity index (χ4n) is 5.10. The number of amides is 1. The van der Waals surface area contributed by atoms with Crippen molar-refractivity contribution in [3.05, 3.63) is 29.8 Å². The van der Waals surface area contributed by atoms with E-state index in [0.717, 1.165) is 50.5 Å². The topological polar surface area (TPSA) is 90.3 Å². The first-order chi connectivity index (χ1) is 14.0. The minimum Gasteiger partial charge on any atom is -0.358 e. The summed E-state index contributed by atoms with van der Waals surface area (Å²) in [5.41, 5.74) is -0.152. The minimum atomic E-state index is -3.57. The number of carbonyl (C=O) groups excluding carboxylic acids is 1. The van der Waals surface area contributed by atoms with Crippen molar-refractivity contribution >= 4 is 15.9 Å². The Bertz CT molecular complexity index is 866. The normalized spacial score (nSPS) is 20.7. The predicted octanol–water partition coefficient (Wildman–Crippen LogP) is 3.34. The van der Waals surface area contributed by atoms with Crippen LogP contribution in [0, 0.1) is 17.2 Å². The summed E-state index contributed by atoms with van der Waals surface area (Å²) in [4.78, 5) is 13.5. The molecule has 1 saturated heterocycles. The van der Waals surface area contributed by atoms with Gasteiger partial charge in [-0.25, -0.2) is 8.42 Å². The molecule has 2 aliphatic rings. The Morgan fingerprint density at radius 3 is 2.52 bits per heavy atom. The first-order valence-corrected chi connectivity index (χ1v) is 12.1. The third-order valence-corrected chi connectivity index (χ3v) is 8.51. The van der Waals surface area contributed by atoms with Crippen LogP contribution < -0.4 is 5.32 Å². The van der Waals surface area contributed by atoms with Crippen LogP contribution in [0.1, 0.15) is 63.4 Å². The molecule has 1 atom stereocenters. The second-order valence-electron chi connectivity index (χ2n) is 8.18. The Hall–Kier alpha value is -1.91. The molecule has 0 bridgehead atoms. The highest BCUT2D eigenvalue weighted by Gasteiger charge is 2.46. The number of rotatable bonds is 7. The second kappa shape index (κ2) is 9.27. The largest absolute Gasteiger partial charge is 0.358 e. The van der Waals surface area contributed by atoms with Gasteiger partial charge in [0, 0.05) is 26.6 Å². The van der Waals surface area contributed by atoms with Crippen LogP contribution in [0.3, 0.4) is 0 Å². The van der Waals surface area contributed by atoms with Crippen molar-refractivity contribution in [3.8, 4) is 6.07 Å². The summed E-state index contributed by atoms with van der Waals surface area (Å²) < 4.78 is 27.8. The van der Waals surface area contributed by atoms with E-state index in [1.165, 1.54) is 4.31 Å². The fraction of sp³-hybridized carbons (Fsp3) is 0.636. The zero-order valence-corrected chi connectivity index (χ0v) is 18.0. The zero-order chi connectivity index (χ0) is 20.9. The molecule has 3 rings (SSSR count). The lowest BCUT2D eigenvalue weighted by molar-refractivity contribution is -0.129. The Morgan fingerprint density at radius 1 is 1.21 bits per heavy atom. The molecule has 29 heavy (non-hydrogen) atoms. The summed E-state index contributed by atoms with van der Waals surface area (Å²) in [5.74, 6) is -0.00957. The van der Waals surface area contributed by atoms with E-state index in [2.05, 4.69) is 11.4 Å². The highest BCUT2D eigenvalue weighted by molar-refractivity contribution is 7.89. The van der Waals surface area contributed by atoms with Gasteiger partial charge in [-0.1, -0.05) is 31.4 Å². The van der Waals surface area contributed by atoms with Crippen molar-refractivity contribution in [1.82, 2.24) is 9.62 Å². The van der Waals surface area contributed by atoms with E-state index in [4.69, 9.17) is 0 Å². The minimum absolute atomic E-state index is 0.106. The Morgan fingerprint density at radius 2 is 1.90 bits per heavy atom. The molecule has 0 spiro atoms. The number of likely N-dealkylation sites (N-methyl/N-ethyl adjacent to an activating group) is 1. The van der Waals surface area contributed by atoms with Crippen LogP contribution in [-0.4, -0.2) is 38.8 Å². The maximum Gasteiger partial charge on any atom is 0.243 e. The van der Waals surface area contributed by atoms with Gasteiger partial charge in [-0.15, -0.1) is 0 Å². The monoisotopic (exact) mass is 417 g/mol. The number of hydrogen-bond acceptors (Lipinski definition) is 4. The Kier molecular flexibility index (Phi) is 6.97. The van der Waals surface area contributed by atoms with Crippen molar-refractivity contribution in [2.75, 3.05) is 20.1 Å². The van der Waals surface area contributed by atoms with Gasteiger partial charge >= 0.3 is 0 Å².